The number of ether oxygens (including phenoxy) is 1. The fraction of sp³-hybridized carbons (Fsp3) is 0.933. The van der Waals surface area contributed by atoms with Gasteiger partial charge in [0.05, 0.1) is 6.61 Å². The van der Waals surface area contributed by atoms with Crippen molar-refractivity contribution < 1.29 is 19.4 Å². The van der Waals surface area contributed by atoms with Crippen LogP contribution in [0.5, 0.6) is 0 Å². The van der Waals surface area contributed by atoms with Crippen molar-refractivity contribution in [1.82, 2.24) is 0 Å². The second-order valence-corrected chi connectivity index (χ2v) is 10.9. The van der Waals surface area contributed by atoms with Crippen molar-refractivity contribution in [2.75, 3.05) is 6.61 Å². The Morgan fingerprint density at radius 1 is 0.706 bits per heavy atom. The van der Waals surface area contributed by atoms with Gasteiger partial charge in [-0.05, 0) is 45.4 Å². The highest BCUT2D eigenvalue weighted by Crippen LogP contribution is 2.24. The van der Waals surface area contributed by atoms with Gasteiger partial charge in [0.25, 0.3) is 0 Å². The van der Waals surface area contributed by atoms with Crippen LogP contribution in [-0.4, -0.2) is 29.1 Å². The zero-order valence-electron chi connectivity index (χ0n) is 23.5. The minimum absolute atomic E-state index is 0.0101. The fourth-order valence-electron chi connectivity index (χ4n) is 4.63. The fourth-order valence-corrected chi connectivity index (χ4v) is 4.63. The van der Waals surface area contributed by atoms with Gasteiger partial charge in [-0.2, -0.15) is 0 Å². The summed E-state index contributed by atoms with van der Waals surface area (Å²) >= 11 is 0. The zero-order valence-corrected chi connectivity index (χ0v) is 23.5. The molecule has 1 N–H and O–H groups in total. The summed E-state index contributed by atoms with van der Waals surface area (Å²) in [6.45, 7) is 10.4. The number of rotatable bonds is 24. The molecule has 0 aliphatic rings. The maximum Gasteiger partial charge on any atom is 0.305 e. The van der Waals surface area contributed by atoms with Crippen LogP contribution in [0.25, 0.3) is 0 Å². The van der Waals surface area contributed by atoms with Crippen molar-refractivity contribution in [3.63, 3.8) is 0 Å². The summed E-state index contributed by atoms with van der Waals surface area (Å²) in [5, 5.41) is 10.2. The first-order valence-electron chi connectivity index (χ1n) is 14.7. The molecule has 4 heteroatoms. The van der Waals surface area contributed by atoms with E-state index in [0.29, 0.717) is 18.9 Å². The third-order valence-corrected chi connectivity index (χ3v) is 7.09. The van der Waals surface area contributed by atoms with Gasteiger partial charge in [0.15, 0.2) is 5.78 Å². The molecular formula is C30H58O4. The minimum Gasteiger partial charge on any atom is -0.465 e. The Hall–Kier alpha value is -0.900. The Balaban J connectivity index is 3.82. The molecule has 0 aromatic carbocycles. The van der Waals surface area contributed by atoms with Crippen molar-refractivity contribution in [2.45, 2.75) is 162 Å². The molecule has 0 bridgehead atoms. The molecule has 0 aliphatic heterocycles. The molecule has 2 unspecified atom stereocenters. The van der Waals surface area contributed by atoms with E-state index in [1.807, 2.05) is 0 Å². The largest absolute Gasteiger partial charge is 0.465 e. The SMILES string of the molecule is CCCCCCC(CCCCCCCCCCC(=O)OCC(CC)CCCC)C(=O)C(C)(C)O. The molecule has 2 atom stereocenters. The van der Waals surface area contributed by atoms with Gasteiger partial charge in [0, 0.05) is 12.3 Å². The Morgan fingerprint density at radius 2 is 1.21 bits per heavy atom. The number of aliphatic hydroxyl groups is 1. The standard InChI is InChI=1S/C30H58O4/c1-6-9-11-18-22-27(29(32)30(4,5)33)23-19-16-14-12-13-15-17-20-24-28(31)34-25-26(8-3)21-10-7-2/h26-27,33H,6-25H2,1-5H3. The summed E-state index contributed by atoms with van der Waals surface area (Å²) < 4.78 is 5.48. The molecule has 4 nitrogen and oxygen atoms in total. The van der Waals surface area contributed by atoms with Crippen LogP contribution in [0.3, 0.4) is 0 Å². The maximum absolute atomic E-state index is 12.6. The van der Waals surface area contributed by atoms with Gasteiger partial charge in [-0.1, -0.05) is 111 Å². The monoisotopic (exact) mass is 482 g/mol. The Bertz CT molecular complexity index is 495. The van der Waals surface area contributed by atoms with Crippen molar-refractivity contribution in [3.05, 3.63) is 0 Å². The van der Waals surface area contributed by atoms with E-state index in [1.54, 1.807) is 13.8 Å². The van der Waals surface area contributed by atoms with Gasteiger partial charge in [0.1, 0.15) is 5.60 Å². The lowest BCUT2D eigenvalue weighted by Gasteiger charge is -2.23. The summed E-state index contributed by atoms with van der Waals surface area (Å²) in [4.78, 5) is 24.5. The zero-order chi connectivity index (χ0) is 25.7. The number of carbonyl (C=O) groups excluding carboxylic acids is 2. The third kappa shape index (κ3) is 18.4. The van der Waals surface area contributed by atoms with Crippen LogP contribution in [-0.2, 0) is 14.3 Å². The average Bonchev–Trinajstić information content (AvgIpc) is 2.80. The van der Waals surface area contributed by atoms with Crippen molar-refractivity contribution >= 4 is 11.8 Å². The van der Waals surface area contributed by atoms with E-state index in [0.717, 1.165) is 57.8 Å². The van der Waals surface area contributed by atoms with Gasteiger partial charge in [0.2, 0.25) is 0 Å². The number of esters is 1. The molecule has 0 amide bonds. The van der Waals surface area contributed by atoms with Gasteiger partial charge in [-0.25, -0.2) is 0 Å². The van der Waals surface area contributed by atoms with Crippen molar-refractivity contribution in [1.29, 1.82) is 0 Å². The van der Waals surface area contributed by atoms with E-state index >= 15 is 0 Å². The van der Waals surface area contributed by atoms with E-state index < -0.39 is 5.60 Å². The smallest absolute Gasteiger partial charge is 0.305 e. The number of hydrogen-bond donors (Lipinski definition) is 1. The molecule has 0 heterocycles. The number of ketones is 1. The Labute approximate surface area is 212 Å². The van der Waals surface area contributed by atoms with E-state index in [1.165, 1.54) is 57.8 Å². The lowest BCUT2D eigenvalue weighted by molar-refractivity contribution is -0.145. The maximum atomic E-state index is 12.6. The summed E-state index contributed by atoms with van der Waals surface area (Å²) in [7, 11) is 0. The van der Waals surface area contributed by atoms with E-state index in [-0.39, 0.29) is 17.7 Å². The van der Waals surface area contributed by atoms with E-state index in [2.05, 4.69) is 20.8 Å². The highest BCUT2D eigenvalue weighted by Gasteiger charge is 2.30. The molecule has 202 valence electrons. The molecule has 0 fully saturated rings. The third-order valence-electron chi connectivity index (χ3n) is 7.09. The first-order valence-corrected chi connectivity index (χ1v) is 14.7. The van der Waals surface area contributed by atoms with Crippen LogP contribution in [0.4, 0.5) is 0 Å². The summed E-state index contributed by atoms with van der Waals surface area (Å²) in [6, 6.07) is 0. The molecule has 0 saturated heterocycles. The molecule has 0 aliphatic carbocycles. The lowest BCUT2D eigenvalue weighted by atomic mass is 9.84. The van der Waals surface area contributed by atoms with Crippen molar-refractivity contribution in [2.24, 2.45) is 11.8 Å². The summed E-state index contributed by atoms with van der Waals surface area (Å²) in [5.74, 6) is 0.526. The van der Waals surface area contributed by atoms with Crippen LogP contribution in [0.1, 0.15) is 157 Å². The molecule has 0 aromatic rings. The highest BCUT2D eigenvalue weighted by molar-refractivity contribution is 5.88. The molecule has 0 saturated carbocycles. The number of carbonyl (C=O) groups is 2. The molecular weight excluding hydrogens is 424 g/mol. The molecule has 0 radical (unpaired) electrons. The second-order valence-electron chi connectivity index (χ2n) is 10.9. The van der Waals surface area contributed by atoms with E-state index in [4.69, 9.17) is 4.74 Å². The van der Waals surface area contributed by atoms with Crippen molar-refractivity contribution in [3.8, 4) is 0 Å². The lowest BCUT2D eigenvalue weighted by Crippen LogP contribution is -2.36. The molecule has 0 rings (SSSR count). The van der Waals surface area contributed by atoms with Gasteiger partial charge < -0.3 is 9.84 Å². The number of Topliss-reactive ketones (excluding diaryl/α,β-unsaturated/α-hetero) is 1. The Kier molecular flexibility index (Phi) is 20.8. The quantitative estimate of drug-likeness (QED) is 0.110. The molecule has 34 heavy (non-hydrogen) atoms. The first kappa shape index (κ1) is 33.1. The van der Waals surface area contributed by atoms with Crippen LogP contribution < -0.4 is 0 Å². The molecule has 0 aromatic heterocycles. The highest BCUT2D eigenvalue weighted by atomic mass is 16.5. The number of hydrogen-bond acceptors (Lipinski definition) is 4. The first-order chi connectivity index (χ1) is 16.3. The molecule has 0 spiro atoms. The van der Waals surface area contributed by atoms with E-state index in [9.17, 15) is 14.7 Å². The van der Waals surface area contributed by atoms with Crippen LogP contribution >= 0.6 is 0 Å². The normalized spacial score (nSPS) is 13.6. The summed E-state index contributed by atoms with van der Waals surface area (Å²) in [5.41, 5.74) is -1.21. The van der Waals surface area contributed by atoms with Crippen LogP contribution in [0, 0.1) is 11.8 Å². The topological polar surface area (TPSA) is 63.6 Å². The summed E-state index contributed by atoms with van der Waals surface area (Å²) in [6.07, 6.45) is 20.8. The van der Waals surface area contributed by atoms with Gasteiger partial charge in [-0.15, -0.1) is 0 Å². The minimum atomic E-state index is -1.21. The average molecular weight is 483 g/mol. The number of unbranched alkanes of at least 4 members (excludes halogenated alkanes) is 11. The Morgan fingerprint density at radius 3 is 1.71 bits per heavy atom. The van der Waals surface area contributed by atoms with Gasteiger partial charge in [-0.3, -0.25) is 9.59 Å². The van der Waals surface area contributed by atoms with Crippen LogP contribution in [0.2, 0.25) is 0 Å². The van der Waals surface area contributed by atoms with Crippen LogP contribution in [0.15, 0.2) is 0 Å². The second kappa shape index (κ2) is 21.4. The van der Waals surface area contributed by atoms with Gasteiger partial charge >= 0.3 is 5.97 Å². The predicted molar refractivity (Wildman–Crippen MR) is 144 cm³/mol. The predicted octanol–water partition coefficient (Wildman–Crippen LogP) is 8.57.